The number of nitro groups is 1. The minimum absolute atomic E-state index is 0.0649. The molecular formula is C8H8N4O3S. The van der Waals surface area contributed by atoms with Crippen LogP contribution in [0, 0.1) is 10.1 Å². The highest BCUT2D eigenvalue weighted by atomic mass is 32.1. The lowest BCUT2D eigenvalue weighted by atomic mass is 10.3. The third-order valence-electron chi connectivity index (χ3n) is 1.67. The summed E-state index contributed by atoms with van der Waals surface area (Å²) in [6, 6.07) is 5.34. The zero-order valence-corrected chi connectivity index (χ0v) is 8.81. The van der Waals surface area contributed by atoms with Gasteiger partial charge in [0.2, 0.25) is 6.41 Å². The molecule has 0 bridgehead atoms. The molecule has 8 heteroatoms. The highest BCUT2D eigenvalue weighted by molar-refractivity contribution is 7.80. The molecule has 0 aromatic heterocycles. The van der Waals surface area contributed by atoms with E-state index in [1.54, 1.807) is 0 Å². The van der Waals surface area contributed by atoms with E-state index in [4.69, 9.17) is 5.73 Å². The molecule has 0 aliphatic rings. The van der Waals surface area contributed by atoms with Crippen molar-refractivity contribution in [3.05, 3.63) is 34.4 Å². The molecule has 3 N–H and O–H groups in total. The number of non-ortho nitro benzene ring substituents is 1. The topological polar surface area (TPSA) is 102 Å². The van der Waals surface area contributed by atoms with Crippen LogP contribution in [0.4, 0.5) is 11.4 Å². The van der Waals surface area contributed by atoms with Gasteiger partial charge in [-0.15, -0.1) is 0 Å². The van der Waals surface area contributed by atoms with Crippen LogP contribution in [0.5, 0.6) is 0 Å². The van der Waals surface area contributed by atoms with E-state index in [1.165, 1.54) is 24.3 Å². The van der Waals surface area contributed by atoms with E-state index in [0.717, 1.165) is 5.01 Å². The number of thiocarbonyl (C=S) groups is 1. The maximum absolute atomic E-state index is 10.7. The van der Waals surface area contributed by atoms with Crippen molar-refractivity contribution in [1.29, 1.82) is 0 Å². The van der Waals surface area contributed by atoms with Crippen molar-refractivity contribution in [2.24, 2.45) is 5.73 Å². The molecule has 84 valence electrons. The summed E-state index contributed by atoms with van der Waals surface area (Å²) in [5, 5.41) is 11.3. The molecule has 0 heterocycles. The van der Waals surface area contributed by atoms with Crippen molar-refractivity contribution in [3.63, 3.8) is 0 Å². The number of hydrogen-bond donors (Lipinski definition) is 2. The monoisotopic (exact) mass is 240 g/mol. The normalized spacial score (nSPS) is 9.25. The van der Waals surface area contributed by atoms with Crippen molar-refractivity contribution >= 4 is 35.1 Å². The lowest BCUT2D eigenvalue weighted by Gasteiger charge is -2.17. The van der Waals surface area contributed by atoms with E-state index in [0.29, 0.717) is 12.1 Å². The van der Waals surface area contributed by atoms with Crippen molar-refractivity contribution in [1.82, 2.24) is 5.43 Å². The zero-order valence-electron chi connectivity index (χ0n) is 7.99. The largest absolute Gasteiger partial charge is 0.375 e. The second kappa shape index (κ2) is 5.03. The Morgan fingerprint density at radius 1 is 1.50 bits per heavy atom. The maximum Gasteiger partial charge on any atom is 0.269 e. The van der Waals surface area contributed by atoms with E-state index in [-0.39, 0.29) is 10.8 Å². The highest BCUT2D eigenvalue weighted by Crippen LogP contribution is 2.17. The van der Waals surface area contributed by atoms with Crippen LogP contribution in [0.1, 0.15) is 0 Å². The second-order valence-corrected chi connectivity index (χ2v) is 3.16. The number of nitrogens with one attached hydrogen (secondary N) is 1. The first-order chi connectivity index (χ1) is 7.54. The van der Waals surface area contributed by atoms with Crippen molar-refractivity contribution in [2.45, 2.75) is 0 Å². The summed E-state index contributed by atoms with van der Waals surface area (Å²) < 4.78 is 0. The molecule has 0 atom stereocenters. The Morgan fingerprint density at radius 2 is 2.06 bits per heavy atom. The second-order valence-electron chi connectivity index (χ2n) is 2.72. The fraction of sp³-hybridized carbons (Fsp3) is 0. The third kappa shape index (κ3) is 2.89. The average molecular weight is 240 g/mol. The molecule has 0 fully saturated rings. The number of nitrogens with two attached hydrogens (primary N) is 1. The number of amides is 1. The predicted molar refractivity (Wildman–Crippen MR) is 61.6 cm³/mol. The Hall–Kier alpha value is -2.22. The van der Waals surface area contributed by atoms with Gasteiger partial charge in [-0.05, 0) is 24.4 Å². The van der Waals surface area contributed by atoms with E-state index in [9.17, 15) is 14.9 Å². The van der Waals surface area contributed by atoms with Crippen LogP contribution >= 0.6 is 12.2 Å². The number of hydrazine groups is 1. The van der Waals surface area contributed by atoms with E-state index in [2.05, 4.69) is 17.6 Å². The molecule has 1 amide bonds. The molecule has 7 nitrogen and oxygen atoms in total. The van der Waals surface area contributed by atoms with Crippen molar-refractivity contribution in [3.8, 4) is 0 Å². The van der Waals surface area contributed by atoms with Gasteiger partial charge in [-0.3, -0.25) is 20.3 Å². The first-order valence-corrected chi connectivity index (χ1v) is 4.50. The molecule has 1 rings (SSSR count). The quantitative estimate of drug-likeness (QED) is 0.340. The molecule has 0 radical (unpaired) electrons. The first-order valence-electron chi connectivity index (χ1n) is 4.09. The Bertz CT molecular complexity index is 420. The number of anilines is 1. The van der Waals surface area contributed by atoms with E-state index >= 15 is 0 Å². The third-order valence-corrected chi connectivity index (χ3v) is 1.77. The van der Waals surface area contributed by atoms with Crippen LogP contribution in [0.15, 0.2) is 24.3 Å². The average Bonchev–Trinajstić information content (AvgIpc) is 2.25. The van der Waals surface area contributed by atoms with Gasteiger partial charge in [-0.1, -0.05) is 0 Å². The van der Waals surface area contributed by atoms with Gasteiger partial charge in [-0.25, -0.2) is 5.01 Å². The Kier molecular flexibility index (Phi) is 3.72. The Labute approximate surface area is 96.0 Å². The summed E-state index contributed by atoms with van der Waals surface area (Å²) in [6.45, 7) is 0. The van der Waals surface area contributed by atoms with Crippen LogP contribution < -0.4 is 16.2 Å². The maximum atomic E-state index is 10.7. The smallest absolute Gasteiger partial charge is 0.269 e. The van der Waals surface area contributed by atoms with Gasteiger partial charge >= 0.3 is 0 Å². The molecular weight excluding hydrogens is 232 g/mol. The first kappa shape index (κ1) is 11.9. The lowest BCUT2D eigenvalue weighted by molar-refractivity contribution is -0.384. The molecule has 0 saturated heterocycles. The summed E-state index contributed by atoms with van der Waals surface area (Å²) in [5.74, 6) is 0. The van der Waals surface area contributed by atoms with Gasteiger partial charge in [0.1, 0.15) is 0 Å². The van der Waals surface area contributed by atoms with E-state index < -0.39 is 4.92 Å². The Balaban J connectivity index is 2.90. The summed E-state index contributed by atoms with van der Waals surface area (Å²) in [7, 11) is 0. The van der Waals surface area contributed by atoms with Gasteiger partial charge in [0.25, 0.3) is 5.69 Å². The number of hydrogen-bond acceptors (Lipinski definition) is 4. The van der Waals surface area contributed by atoms with Gasteiger partial charge < -0.3 is 5.73 Å². The highest BCUT2D eigenvalue weighted by Gasteiger charge is 2.08. The van der Waals surface area contributed by atoms with Crippen molar-refractivity contribution < 1.29 is 9.72 Å². The molecule has 0 saturated carbocycles. The van der Waals surface area contributed by atoms with Crippen molar-refractivity contribution in [2.75, 3.05) is 5.01 Å². The minimum Gasteiger partial charge on any atom is -0.375 e. The molecule has 16 heavy (non-hydrogen) atoms. The van der Waals surface area contributed by atoms with Gasteiger partial charge in [-0.2, -0.15) is 0 Å². The molecule has 0 unspecified atom stereocenters. The summed E-state index contributed by atoms with van der Waals surface area (Å²) >= 11 is 4.56. The predicted octanol–water partition coefficient (Wildman–Crippen LogP) is 0.306. The summed E-state index contributed by atoms with van der Waals surface area (Å²) in [4.78, 5) is 20.5. The fourth-order valence-corrected chi connectivity index (χ4v) is 1.10. The van der Waals surface area contributed by atoms with Crippen LogP contribution in [0.3, 0.4) is 0 Å². The number of nitrogens with zero attached hydrogens (tertiary/aromatic N) is 2. The summed E-state index contributed by atoms with van der Waals surface area (Å²) in [6.07, 6.45) is 0.459. The molecule has 1 aromatic rings. The number of carbonyl (C=O) groups is 1. The van der Waals surface area contributed by atoms with Crippen LogP contribution in [0.2, 0.25) is 0 Å². The SMILES string of the molecule is NC(=S)NN(C=O)c1ccc([N+](=O)[O-])cc1. The van der Waals surface area contributed by atoms with Gasteiger partial charge in [0.15, 0.2) is 5.11 Å². The van der Waals surface area contributed by atoms with Crippen LogP contribution in [0.25, 0.3) is 0 Å². The fourth-order valence-electron chi connectivity index (χ4n) is 1.01. The van der Waals surface area contributed by atoms with E-state index in [1.807, 2.05) is 0 Å². The zero-order chi connectivity index (χ0) is 12.1. The summed E-state index contributed by atoms with van der Waals surface area (Å²) in [5.41, 5.74) is 7.93. The minimum atomic E-state index is -0.532. The lowest BCUT2D eigenvalue weighted by Crippen LogP contribution is -2.44. The van der Waals surface area contributed by atoms with Crippen LogP contribution in [-0.2, 0) is 4.79 Å². The standard InChI is InChI=1S/C8H8N4O3S/c9-8(16)10-11(5-13)6-1-3-7(4-2-6)12(14)15/h1-5H,(H3,9,10,16). The van der Waals surface area contributed by atoms with Gasteiger partial charge in [0, 0.05) is 12.1 Å². The molecule has 0 spiro atoms. The molecule has 0 aliphatic heterocycles. The number of carbonyl (C=O) groups excluding carboxylic acids is 1. The number of rotatable bonds is 4. The van der Waals surface area contributed by atoms with Gasteiger partial charge in [0.05, 0.1) is 10.6 Å². The van der Waals surface area contributed by atoms with Crippen LogP contribution in [-0.4, -0.2) is 16.4 Å². The molecule has 0 aliphatic carbocycles. The number of benzene rings is 1. The molecule has 1 aromatic carbocycles. The number of nitro benzene ring substituents is 1. The Morgan fingerprint density at radius 3 is 2.44 bits per heavy atom.